The number of halogens is 4. The van der Waals surface area contributed by atoms with Crippen LogP contribution in [-0.2, 0) is 58.0 Å². The highest BCUT2D eigenvalue weighted by molar-refractivity contribution is 9.10. The molecule has 0 radical (unpaired) electrons. The molecule has 0 saturated carbocycles. The number of likely N-dealkylation sites (tertiary alicyclic amines) is 3. The monoisotopic (exact) mass is 2100 g/mol. The lowest BCUT2D eigenvalue weighted by atomic mass is 10.00. The van der Waals surface area contributed by atoms with Crippen LogP contribution in [0.2, 0.25) is 0 Å². The van der Waals surface area contributed by atoms with E-state index in [1.165, 1.54) is 61.7 Å². The number of aryl methyl sites for hydroxylation is 2. The number of benzene rings is 6. The largest absolute Gasteiger partial charge is 0.508 e. The number of ether oxygens (including phenoxy) is 5. The summed E-state index contributed by atoms with van der Waals surface area (Å²) in [5.74, 6) is 2.63. The molecule has 6 fully saturated rings. The Bertz CT molecular complexity index is 6030. The number of hydrogen-bond acceptors (Lipinski definition) is 28. The van der Waals surface area contributed by atoms with Gasteiger partial charge in [-0.2, -0.15) is 99.3 Å². The van der Waals surface area contributed by atoms with Crippen molar-refractivity contribution in [1.29, 1.82) is 15.8 Å². The molecule has 0 spiro atoms. The van der Waals surface area contributed by atoms with Crippen molar-refractivity contribution in [2.24, 2.45) is 0 Å². The lowest BCUT2D eigenvalue weighted by molar-refractivity contribution is -0.156. The van der Waals surface area contributed by atoms with Gasteiger partial charge in [-0.15, -0.1) is 0 Å². The van der Waals surface area contributed by atoms with Gasteiger partial charge in [0.25, 0.3) is 0 Å². The van der Waals surface area contributed by atoms with E-state index in [0.29, 0.717) is 135 Å². The van der Waals surface area contributed by atoms with Crippen LogP contribution in [0.4, 0.5) is 51.6 Å². The molecule has 9 aliphatic heterocycles. The Morgan fingerprint density at radius 2 is 0.847 bits per heavy atom. The van der Waals surface area contributed by atoms with Gasteiger partial charge in [-0.3, -0.25) is 9.59 Å². The molecule has 6 saturated heterocycles. The van der Waals surface area contributed by atoms with Gasteiger partial charge >= 0.3 is 36.4 Å². The number of phenolic OH excluding ortho intramolecular Hbond substituents is 1. The Balaban J connectivity index is 0.000000201. The summed E-state index contributed by atoms with van der Waals surface area (Å²) in [5.41, 5.74) is 9.68. The number of aromatic nitrogens is 6. The van der Waals surface area contributed by atoms with E-state index in [9.17, 15) is 48.4 Å². The van der Waals surface area contributed by atoms with Crippen molar-refractivity contribution < 1.29 is 61.1 Å². The number of nitriles is 3. The average Bonchev–Trinajstić information content (AvgIpc) is 1.57. The van der Waals surface area contributed by atoms with Gasteiger partial charge in [0, 0.05) is 146 Å². The standard InChI is InChI=1S/C35H45N7O3.C32H37N7O3.C24H37N7O3.C11H9Br.C2HF3O.C2H6.3H2S/c1-24-19-25-9-6-7-11-28(25)31(20-24)40-16-13-29-30(22-40)37-33(44-23-27-10-8-15-39(27)5)38-32(29)41-17-18-42(26(21-41)12-14-36)34(43)45-35(2,3)4;1-3-30(41)39-16-15-38(19-23(39)10-12-33)31-27-11-14-37(29-18-25(40)17-22-7-4-5-9-26(22)29)20-28(27)34-32(35-31)42-21-24-8-6-13-36(24)2;1-24(2,3)34-23(32)31-13-12-30(15-17(31)7-9-25)21-19-8-10-26-14-20(19)27-22(28-21)33-16-18-6-5-11-29(18)4;1-8-6-9-4-2-3-5-10(9)11(12)7-8;3-2(4,5)1-6;1-2;;;/h6-7,9,11,19-20,26-27H,8,10,12-13,15-18,21-23H2,1-5H3;3-5,7,9,17-18,23-24,40H,1,6,8,10-11,13-16,19-21H2,2H3;17-18,26H,5-8,10-16H2,1-4H3;2-7H,1H3;1H;1-2H3;3*1H2/t26?,27-;23?,24-;17?,18-;;;;;;/m000....../s1. The van der Waals surface area contributed by atoms with Crippen molar-refractivity contribution in [1.82, 2.24) is 64.6 Å². The van der Waals surface area contributed by atoms with Gasteiger partial charge in [0.1, 0.15) is 54.2 Å². The predicted molar refractivity (Wildman–Crippen MR) is 576 cm³/mol. The summed E-state index contributed by atoms with van der Waals surface area (Å²) in [6.07, 6.45) is 4.72. The van der Waals surface area contributed by atoms with E-state index >= 15 is 0 Å². The quantitative estimate of drug-likeness (QED) is 0.0595. The lowest BCUT2D eigenvalue weighted by Gasteiger charge is -2.42. The van der Waals surface area contributed by atoms with Crippen molar-refractivity contribution in [3.8, 4) is 42.0 Å². The van der Waals surface area contributed by atoms with Crippen molar-refractivity contribution >= 4 is 142 Å². The number of fused-ring (bicyclic) bond motifs is 6. The number of alkyl halides is 3. The van der Waals surface area contributed by atoms with E-state index < -0.39 is 23.7 Å². The molecule has 6 aromatic carbocycles. The topological polar surface area (TPSA) is 331 Å². The number of piperazine rings is 3. The summed E-state index contributed by atoms with van der Waals surface area (Å²) in [6.45, 7) is 37.0. The first kappa shape index (κ1) is 115. The van der Waals surface area contributed by atoms with Gasteiger partial charge in [0.05, 0.1) is 85.8 Å². The number of nitrogens with one attached hydrogen (secondary N) is 1. The number of amides is 3. The van der Waals surface area contributed by atoms with Crippen LogP contribution in [0.15, 0.2) is 126 Å². The van der Waals surface area contributed by atoms with Gasteiger partial charge < -0.3 is 88.0 Å². The molecule has 776 valence electrons. The number of rotatable bonds is 18. The molecule has 3 unspecified atom stereocenters. The van der Waals surface area contributed by atoms with Crippen molar-refractivity contribution in [2.45, 2.75) is 220 Å². The Hall–Kier alpha value is -11.4. The first-order valence-electron chi connectivity index (χ1n) is 49.2. The Labute approximate surface area is 874 Å². The maximum Gasteiger partial charge on any atom is 0.446 e. The fourth-order valence-electron chi connectivity index (χ4n) is 19.7. The van der Waals surface area contributed by atoms with Crippen LogP contribution >= 0.6 is 56.4 Å². The maximum absolute atomic E-state index is 13.1. The molecule has 9 aliphatic rings. The number of anilines is 5. The summed E-state index contributed by atoms with van der Waals surface area (Å²) >= 11 is 3.55. The van der Waals surface area contributed by atoms with E-state index in [0.717, 1.165) is 152 Å². The number of carbonyl (C=O) groups excluding carboxylic acids is 4. The number of phenols is 1. The summed E-state index contributed by atoms with van der Waals surface area (Å²) in [5, 5.41) is 49.6. The third-order valence-electron chi connectivity index (χ3n) is 26.8. The second-order valence-corrected chi connectivity index (χ2v) is 39.9. The normalized spacial score (nSPS) is 19.4. The van der Waals surface area contributed by atoms with Crippen molar-refractivity contribution in [3.05, 3.63) is 171 Å². The Kier molecular flexibility index (Phi) is 41.8. The third-order valence-corrected chi connectivity index (χ3v) is 27.4. The van der Waals surface area contributed by atoms with E-state index in [-0.39, 0.29) is 102 Å². The summed E-state index contributed by atoms with van der Waals surface area (Å²) in [6, 6.07) is 45.6. The molecule has 0 aliphatic carbocycles. The van der Waals surface area contributed by atoms with Crippen LogP contribution in [-0.4, -0.2) is 282 Å². The first-order valence-corrected chi connectivity index (χ1v) is 50.0. The van der Waals surface area contributed by atoms with E-state index in [4.69, 9.17) is 58.4 Å². The molecule has 31 nitrogen and oxygen atoms in total. The average molecular weight is 2100 g/mol. The summed E-state index contributed by atoms with van der Waals surface area (Å²) in [4.78, 5) is 99.9. The van der Waals surface area contributed by atoms with Gasteiger partial charge in [0.15, 0.2) is 0 Å². The Morgan fingerprint density at radius 1 is 0.486 bits per heavy atom. The van der Waals surface area contributed by atoms with Crippen molar-refractivity contribution in [2.75, 3.05) is 164 Å². The third kappa shape index (κ3) is 30.0. The second-order valence-electron chi connectivity index (χ2n) is 39.1. The SMILES string of the molecule is C=CC(=O)N1CCN(c2nc(OC[C@@H]3CCCN3C)nc3c2CCN(c2cc(O)cc4ccccc24)C3)CC1CC#N.CC.CN1CCC[C@H]1COc1nc2c(c(N3CCN(C(=O)OC(C)(C)C)C(CC#N)C3)n1)CCNC2.Cc1cc(Br)c2ccccc2c1.Cc1cc(N2CCc3c(nc(OC[C@@H]4CCCN4C)nc3N3CCN(C(=O)OC(C)(C)C)C(CC#N)C3)C2)c2ccccc2c1.O=CC(F)(F)F.S.S.S. The number of likely N-dealkylation sites (N-methyl/N-ethyl adjacent to an activating group) is 3. The summed E-state index contributed by atoms with van der Waals surface area (Å²) < 4.78 is 62.4. The zero-order valence-electron chi connectivity index (χ0n) is 85.1. The molecular weight excluding hydrogens is 1960 g/mol. The zero-order valence-corrected chi connectivity index (χ0v) is 89.7. The Morgan fingerprint density at radius 3 is 1.24 bits per heavy atom. The molecule has 6 atom stereocenters. The minimum absolute atomic E-state index is 0. The number of hydrogen-bond donors (Lipinski definition) is 2. The molecule has 38 heteroatoms. The molecule has 0 bridgehead atoms. The van der Waals surface area contributed by atoms with E-state index in [1.54, 1.807) is 20.8 Å². The minimum Gasteiger partial charge on any atom is -0.508 e. The molecule has 12 heterocycles. The molecular formula is C106H141BrF3N21O10S3. The van der Waals surface area contributed by atoms with Crippen LogP contribution in [0.3, 0.4) is 0 Å². The molecule has 3 amide bonds. The molecule has 18 rings (SSSR count). The molecule has 144 heavy (non-hydrogen) atoms. The number of aldehydes is 1. The maximum atomic E-state index is 13.1. The number of carbonyl (C=O) groups is 4. The smallest absolute Gasteiger partial charge is 0.446 e. The first-order chi connectivity index (χ1) is 67.6. The lowest BCUT2D eigenvalue weighted by Crippen LogP contribution is -2.56. The second kappa shape index (κ2) is 52.6. The molecule has 2 N–H and O–H groups in total. The van der Waals surface area contributed by atoms with Crippen molar-refractivity contribution in [3.63, 3.8) is 0 Å². The highest BCUT2D eigenvalue weighted by atomic mass is 79.9. The highest BCUT2D eigenvalue weighted by Gasteiger charge is 2.41. The minimum atomic E-state index is -4.64. The van der Waals surface area contributed by atoms with Crippen LogP contribution in [0.25, 0.3) is 32.3 Å². The van der Waals surface area contributed by atoms with Gasteiger partial charge in [-0.25, -0.2) is 9.59 Å². The van der Waals surface area contributed by atoms with Gasteiger partial charge in [0.2, 0.25) is 12.2 Å². The fourth-order valence-corrected chi connectivity index (χ4v) is 20.4. The van der Waals surface area contributed by atoms with Crippen LogP contribution < -0.4 is 44.0 Å². The molecule has 9 aromatic rings. The molecule has 3 aromatic heterocycles. The predicted octanol–water partition coefficient (Wildman–Crippen LogP) is 16.8. The van der Waals surface area contributed by atoms with Crippen LogP contribution in [0.1, 0.15) is 158 Å². The number of nitrogens with zero attached hydrogens (tertiary/aromatic N) is 20. The number of aromatic hydroxyl groups is 1. The summed E-state index contributed by atoms with van der Waals surface area (Å²) in [7, 11) is 6.39. The van der Waals surface area contributed by atoms with Crippen LogP contribution in [0, 0.1) is 47.8 Å². The van der Waals surface area contributed by atoms with Crippen LogP contribution in [0.5, 0.6) is 23.8 Å². The van der Waals surface area contributed by atoms with Gasteiger partial charge in [-0.05, 0) is 217 Å². The van der Waals surface area contributed by atoms with E-state index in [1.807, 2.05) is 79.7 Å². The van der Waals surface area contributed by atoms with Gasteiger partial charge in [-0.1, -0.05) is 121 Å². The zero-order chi connectivity index (χ0) is 101. The van der Waals surface area contributed by atoms with E-state index in [2.05, 4.69) is 199 Å². The fraction of sp³-hybridized carbons (Fsp3) is 0.519. The highest BCUT2D eigenvalue weighted by Crippen LogP contribution is 2.41.